The van der Waals surface area contributed by atoms with Crippen LogP contribution in [0.5, 0.6) is 5.75 Å². The number of benzene rings is 1. The van der Waals surface area contributed by atoms with Gasteiger partial charge in [-0.05, 0) is 41.5 Å². The van der Waals surface area contributed by atoms with E-state index in [1.165, 1.54) is 5.56 Å². The Morgan fingerprint density at radius 3 is 2.53 bits per heavy atom. The number of hydrogen-bond donors (Lipinski definition) is 1. The van der Waals surface area contributed by atoms with Crippen molar-refractivity contribution < 1.29 is 9.90 Å². The maximum atomic E-state index is 12.0. The molecule has 1 N–H and O–H groups in total. The molecule has 1 aromatic rings. The van der Waals surface area contributed by atoms with Crippen molar-refractivity contribution in [3.63, 3.8) is 0 Å². The number of ketones is 1. The van der Waals surface area contributed by atoms with Crippen LogP contribution in [0.15, 0.2) is 12.1 Å². The molecule has 1 aliphatic rings. The minimum atomic E-state index is -0.0773. The molecule has 0 spiro atoms. The van der Waals surface area contributed by atoms with Gasteiger partial charge in [0, 0.05) is 12.3 Å². The lowest BCUT2D eigenvalue weighted by Gasteiger charge is -2.31. The topological polar surface area (TPSA) is 37.3 Å². The summed E-state index contributed by atoms with van der Waals surface area (Å²) in [6, 6.07) is 3.83. The Hall–Kier alpha value is -1.31. The minimum Gasteiger partial charge on any atom is -0.508 e. The fourth-order valence-electron chi connectivity index (χ4n) is 2.70. The number of aromatic hydroxyl groups is 1. The second-order valence-corrected chi connectivity index (χ2v) is 5.51. The van der Waals surface area contributed by atoms with Crippen LogP contribution in [0.25, 0.3) is 0 Å². The van der Waals surface area contributed by atoms with Crippen molar-refractivity contribution in [2.24, 2.45) is 5.92 Å². The van der Waals surface area contributed by atoms with E-state index >= 15 is 0 Å². The third-order valence-corrected chi connectivity index (χ3v) is 3.98. The van der Waals surface area contributed by atoms with E-state index in [0.717, 1.165) is 11.1 Å². The summed E-state index contributed by atoms with van der Waals surface area (Å²) in [5.41, 5.74) is 3.17. The van der Waals surface area contributed by atoms with Gasteiger partial charge >= 0.3 is 0 Å². The standard InChI is InChI=1S/C15H20O2/c1-8(2)11-6-15(17)10(4)12-7-14(16)9(3)5-13(11)12/h5,7-8,10-11,16H,6H2,1-4H3/t10-,11-/m1/s1. The first-order valence-corrected chi connectivity index (χ1v) is 6.28. The molecule has 1 aromatic carbocycles. The third-order valence-electron chi connectivity index (χ3n) is 3.98. The van der Waals surface area contributed by atoms with Crippen molar-refractivity contribution >= 4 is 5.78 Å². The lowest BCUT2D eigenvalue weighted by atomic mass is 9.72. The van der Waals surface area contributed by atoms with Gasteiger partial charge in [-0.1, -0.05) is 26.8 Å². The van der Waals surface area contributed by atoms with Crippen molar-refractivity contribution in [2.45, 2.75) is 46.0 Å². The number of Topliss-reactive ketones (excluding diaryl/α,β-unsaturated/α-hetero) is 1. The van der Waals surface area contributed by atoms with Crippen molar-refractivity contribution in [1.29, 1.82) is 0 Å². The molecule has 0 aromatic heterocycles. The van der Waals surface area contributed by atoms with Crippen molar-refractivity contribution in [3.8, 4) is 5.75 Å². The molecule has 0 bridgehead atoms. The van der Waals surface area contributed by atoms with Gasteiger partial charge in [0.1, 0.15) is 11.5 Å². The molecular weight excluding hydrogens is 212 g/mol. The van der Waals surface area contributed by atoms with Gasteiger partial charge in [0.05, 0.1) is 0 Å². The zero-order valence-electron chi connectivity index (χ0n) is 10.9. The quantitative estimate of drug-likeness (QED) is 0.804. The van der Waals surface area contributed by atoms with Crippen LogP contribution in [-0.4, -0.2) is 10.9 Å². The zero-order valence-corrected chi connectivity index (χ0v) is 10.9. The smallest absolute Gasteiger partial charge is 0.140 e. The number of rotatable bonds is 1. The first kappa shape index (κ1) is 12.2. The second-order valence-electron chi connectivity index (χ2n) is 5.51. The SMILES string of the molecule is Cc1cc2c(cc1O)[C@@H](C)C(=O)C[C@@H]2C(C)C. The highest BCUT2D eigenvalue weighted by atomic mass is 16.3. The van der Waals surface area contributed by atoms with Gasteiger partial charge in [-0.25, -0.2) is 0 Å². The molecule has 0 radical (unpaired) electrons. The molecule has 0 aliphatic heterocycles. The molecule has 2 rings (SSSR count). The molecule has 0 saturated carbocycles. The van der Waals surface area contributed by atoms with E-state index in [2.05, 4.69) is 19.9 Å². The van der Waals surface area contributed by atoms with Crippen LogP contribution < -0.4 is 0 Å². The van der Waals surface area contributed by atoms with Crippen LogP contribution in [0.4, 0.5) is 0 Å². The van der Waals surface area contributed by atoms with Crippen LogP contribution in [0.1, 0.15) is 55.7 Å². The summed E-state index contributed by atoms with van der Waals surface area (Å²) in [7, 11) is 0. The Bertz CT molecular complexity index is 460. The maximum Gasteiger partial charge on any atom is 0.140 e. The summed E-state index contributed by atoms with van der Waals surface area (Å²) in [6.07, 6.45) is 0.635. The fraction of sp³-hybridized carbons (Fsp3) is 0.533. The minimum absolute atomic E-state index is 0.0773. The number of phenols is 1. The largest absolute Gasteiger partial charge is 0.508 e. The van der Waals surface area contributed by atoms with Crippen molar-refractivity contribution in [2.75, 3.05) is 0 Å². The van der Waals surface area contributed by atoms with Crippen LogP contribution in [0, 0.1) is 12.8 Å². The highest BCUT2D eigenvalue weighted by molar-refractivity contribution is 5.88. The Kier molecular flexibility index (Phi) is 2.98. The summed E-state index contributed by atoms with van der Waals surface area (Å²) >= 11 is 0. The Morgan fingerprint density at radius 1 is 1.29 bits per heavy atom. The molecule has 92 valence electrons. The number of fused-ring (bicyclic) bond motifs is 1. The monoisotopic (exact) mass is 232 g/mol. The molecule has 2 atom stereocenters. The molecule has 1 aliphatic carbocycles. The fourth-order valence-corrected chi connectivity index (χ4v) is 2.70. The maximum absolute atomic E-state index is 12.0. The van der Waals surface area contributed by atoms with Gasteiger partial charge < -0.3 is 5.11 Å². The highest BCUT2D eigenvalue weighted by Gasteiger charge is 2.32. The normalized spacial score (nSPS) is 23.9. The average Bonchev–Trinajstić information content (AvgIpc) is 2.26. The first-order chi connectivity index (χ1) is 7.91. The summed E-state index contributed by atoms with van der Waals surface area (Å²) in [4.78, 5) is 12.0. The van der Waals surface area contributed by atoms with E-state index in [9.17, 15) is 9.90 Å². The van der Waals surface area contributed by atoms with Gasteiger partial charge in [-0.3, -0.25) is 4.79 Å². The summed E-state index contributed by atoms with van der Waals surface area (Å²) in [5.74, 6) is 1.26. The van der Waals surface area contributed by atoms with E-state index in [1.807, 2.05) is 13.8 Å². The Labute approximate surface area is 103 Å². The van der Waals surface area contributed by atoms with Gasteiger partial charge in [0.25, 0.3) is 0 Å². The molecular formula is C15H20O2. The highest BCUT2D eigenvalue weighted by Crippen LogP contribution is 2.42. The molecule has 0 heterocycles. The molecule has 17 heavy (non-hydrogen) atoms. The Morgan fingerprint density at radius 2 is 1.94 bits per heavy atom. The molecule has 0 saturated heterocycles. The van der Waals surface area contributed by atoms with Crippen LogP contribution in [-0.2, 0) is 4.79 Å². The predicted octanol–water partition coefficient (Wildman–Crippen LogP) is 3.52. The second kappa shape index (κ2) is 4.17. The number of phenolic OH excluding ortho intramolecular Hbond substituents is 1. The number of hydrogen-bond acceptors (Lipinski definition) is 2. The first-order valence-electron chi connectivity index (χ1n) is 6.28. The third kappa shape index (κ3) is 1.97. The van der Waals surface area contributed by atoms with Gasteiger partial charge in [0.2, 0.25) is 0 Å². The van der Waals surface area contributed by atoms with E-state index in [0.29, 0.717) is 29.8 Å². The lowest BCUT2D eigenvalue weighted by molar-refractivity contribution is -0.121. The van der Waals surface area contributed by atoms with Crippen molar-refractivity contribution in [1.82, 2.24) is 0 Å². The van der Waals surface area contributed by atoms with E-state index in [1.54, 1.807) is 6.07 Å². The van der Waals surface area contributed by atoms with Gasteiger partial charge in [0.15, 0.2) is 0 Å². The van der Waals surface area contributed by atoms with Gasteiger partial charge in [-0.15, -0.1) is 0 Å². The molecule has 2 nitrogen and oxygen atoms in total. The van der Waals surface area contributed by atoms with Gasteiger partial charge in [-0.2, -0.15) is 0 Å². The van der Waals surface area contributed by atoms with Crippen LogP contribution in [0.3, 0.4) is 0 Å². The summed E-state index contributed by atoms with van der Waals surface area (Å²) in [5, 5.41) is 9.79. The predicted molar refractivity (Wildman–Crippen MR) is 68.5 cm³/mol. The summed E-state index contributed by atoms with van der Waals surface area (Å²) < 4.78 is 0. The van der Waals surface area contributed by atoms with E-state index in [4.69, 9.17) is 0 Å². The zero-order chi connectivity index (χ0) is 12.7. The summed E-state index contributed by atoms with van der Waals surface area (Å²) in [6.45, 7) is 8.15. The average molecular weight is 232 g/mol. The van der Waals surface area contributed by atoms with E-state index in [-0.39, 0.29) is 5.92 Å². The molecule has 0 unspecified atom stereocenters. The van der Waals surface area contributed by atoms with Crippen LogP contribution in [0.2, 0.25) is 0 Å². The lowest BCUT2D eigenvalue weighted by Crippen LogP contribution is -2.25. The Balaban J connectivity index is 2.60. The number of carbonyl (C=O) groups excluding carboxylic acids is 1. The molecule has 0 fully saturated rings. The molecule has 0 amide bonds. The van der Waals surface area contributed by atoms with E-state index < -0.39 is 0 Å². The number of aryl methyl sites for hydroxylation is 1. The molecule has 2 heteroatoms. The van der Waals surface area contributed by atoms with Crippen LogP contribution >= 0.6 is 0 Å². The number of carbonyl (C=O) groups is 1. The van der Waals surface area contributed by atoms with Crippen molar-refractivity contribution in [3.05, 3.63) is 28.8 Å².